The van der Waals surface area contributed by atoms with Gasteiger partial charge in [-0.25, -0.2) is 5.43 Å². The molecular formula is C20H14BrN3O6S. The van der Waals surface area contributed by atoms with E-state index in [1.807, 2.05) is 0 Å². The van der Waals surface area contributed by atoms with Crippen molar-refractivity contribution in [2.24, 2.45) is 5.10 Å². The highest BCUT2D eigenvalue weighted by Crippen LogP contribution is 2.21. The Hall–Kier alpha value is -3.57. The lowest BCUT2D eigenvalue weighted by Crippen LogP contribution is -2.18. The average molecular weight is 504 g/mol. The second-order valence-corrected chi connectivity index (χ2v) is 8.44. The molecule has 0 aliphatic rings. The zero-order valence-electron chi connectivity index (χ0n) is 15.6. The summed E-state index contributed by atoms with van der Waals surface area (Å²) in [5.74, 6) is -0.406. The van der Waals surface area contributed by atoms with Gasteiger partial charge in [-0.2, -0.15) is 13.5 Å². The minimum atomic E-state index is -4.19. The van der Waals surface area contributed by atoms with Crippen LogP contribution >= 0.6 is 15.9 Å². The van der Waals surface area contributed by atoms with Gasteiger partial charge < -0.3 is 4.18 Å². The topological polar surface area (TPSA) is 128 Å². The highest BCUT2D eigenvalue weighted by molar-refractivity contribution is 9.10. The first kappa shape index (κ1) is 22.1. The van der Waals surface area contributed by atoms with Crippen LogP contribution in [0.5, 0.6) is 5.75 Å². The molecule has 0 saturated heterocycles. The summed E-state index contributed by atoms with van der Waals surface area (Å²) >= 11 is 3.28. The van der Waals surface area contributed by atoms with E-state index in [4.69, 9.17) is 4.18 Å². The van der Waals surface area contributed by atoms with E-state index in [0.717, 1.165) is 24.3 Å². The maximum Gasteiger partial charge on any atom is 0.339 e. The molecule has 0 aliphatic heterocycles. The number of carbonyl (C=O) groups is 1. The van der Waals surface area contributed by atoms with Crippen LogP contribution in [0.1, 0.15) is 15.9 Å². The van der Waals surface area contributed by atoms with E-state index < -0.39 is 20.9 Å². The number of hydrogen-bond acceptors (Lipinski definition) is 7. The van der Waals surface area contributed by atoms with E-state index in [9.17, 15) is 23.3 Å². The number of non-ortho nitro benzene ring substituents is 1. The number of hydrazone groups is 1. The van der Waals surface area contributed by atoms with Crippen molar-refractivity contribution in [1.82, 2.24) is 5.43 Å². The van der Waals surface area contributed by atoms with Gasteiger partial charge >= 0.3 is 10.1 Å². The van der Waals surface area contributed by atoms with Gasteiger partial charge in [0, 0.05) is 16.6 Å². The first-order chi connectivity index (χ1) is 14.8. The molecule has 0 saturated carbocycles. The maximum absolute atomic E-state index is 12.4. The van der Waals surface area contributed by atoms with Gasteiger partial charge in [-0.3, -0.25) is 14.9 Å². The second kappa shape index (κ2) is 9.49. The Kier molecular flexibility index (Phi) is 6.78. The number of nitrogens with one attached hydrogen (secondary N) is 1. The van der Waals surface area contributed by atoms with Crippen molar-refractivity contribution in [3.63, 3.8) is 0 Å². The molecule has 31 heavy (non-hydrogen) atoms. The molecule has 11 heteroatoms. The van der Waals surface area contributed by atoms with Crippen molar-refractivity contribution >= 4 is 43.9 Å². The summed E-state index contributed by atoms with van der Waals surface area (Å²) in [6, 6.07) is 17.2. The van der Waals surface area contributed by atoms with Gasteiger partial charge in [0.2, 0.25) is 0 Å². The maximum atomic E-state index is 12.4. The molecule has 158 valence electrons. The van der Waals surface area contributed by atoms with Crippen molar-refractivity contribution in [3.8, 4) is 5.75 Å². The number of carbonyl (C=O) groups excluding carboxylic acids is 1. The lowest BCUT2D eigenvalue weighted by atomic mass is 10.2. The molecular weight excluding hydrogens is 490 g/mol. The van der Waals surface area contributed by atoms with E-state index in [0.29, 0.717) is 15.6 Å². The van der Waals surface area contributed by atoms with Gasteiger partial charge in [-0.15, -0.1) is 0 Å². The largest absolute Gasteiger partial charge is 0.379 e. The quantitative estimate of drug-likeness (QED) is 0.225. The zero-order chi connectivity index (χ0) is 22.4. The number of hydrogen-bond donors (Lipinski definition) is 1. The van der Waals surface area contributed by atoms with Gasteiger partial charge in [0.05, 0.1) is 16.7 Å². The smallest absolute Gasteiger partial charge is 0.339 e. The van der Waals surface area contributed by atoms with Crippen molar-refractivity contribution < 1.29 is 22.3 Å². The van der Waals surface area contributed by atoms with Crippen LogP contribution in [0.4, 0.5) is 5.69 Å². The summed E-state index contributed by atoms with van der Waals surface area (Å²) in [7, 11) is -4.19. The van der Waals surface area contributed by atoms with E-state index in [-0.39, 0.29) is 16.3 Å². The second-order valence-electron chi connectivity index (χ2n) is 6.04. The Bertz CT molecular complexity index is 1260. The van der Waals surface area contributed by atoms with Gasteiger partial charge in [0.1, 0.15) is 10.6 Å². The first-order valence-corrected chi connectivity index (χ1v) is 10.8. The van der Waals surface area contributed by atoms with Crippen LogP contribution in [0.25, 0.3) is 0 Å². The third-order valence-electron chi connectivity index (χ3n) is 3.90. The van der Waals surface area contributed by atoms with Crippen molar-refractivity contribution in [3.05, 3.63) is 98.5 Å². The highest BCUT2D eigenvalue weighted by Gasteiger charge is 2.18. The molecule has 0 unspecified atom stereocenters. The average Bonchev–Trinajstić information content (AvgIpc) is 2.74. The molecule has 0 radical (unpaired) electrons. The standard InChI is InChI=1S/C20H14BrN3O6S/c21-19-7-2-1-6-18(19)20(25)23-22-13-14-4-3-5-16(12-14)30-31(28,29)17-10-8-15(9-11-17)24(26)27/h1-13H,(H,23,25). The molecule has 0 fully saturated rings. The fourth-order valence-electron chi connectivity index (χ4n) is 2.43. The molecule has 3 rings (SSSR count). The fourth-order valence-corrected chi connectivity index (χ4v) is 3.81. The summed E-state index contributed by atoms with van der Waals surface area (Å²) < 4.78 is 30.5. The Labute approximate surface area is 185 Å². The van der Waals surface area contributed by atoms with E-state index >= 15 is 0 Å². The third kappa shape index (κ3) is 5.74. The lowest BCUT2D eigenvalue weighted by molar-refractivity contribution is -0.384. The zero-order valence-corrected chi connectivity index (χ0v) is 18.0. The minimum Gasteiger partial charge on any atom is -0.379 e. The van der Waals surface area contributed by atoms with Crippen LogP contribution in [-0.2, 0) is 10.1 Å². The van der Waals surface area contributed by atoms with Gasteiger partial charge in [-0.1, -0.05) is 24.3 Å². The van der Waals surface area contributed by atoms with E-state index in [1.54, 1.807) is 36.4 Å². The van der Waals surface area contributed by atoms with E-state index in [1.165, 1.54) is 18.3 Å². The summed E-state index contributed by atoms with van der Waals surface area (Å²) in [6.45, 7) is 0. The summed E-state index contributed by atoms with van der Waals surface area (Å²) in [4.78, 5) is 22.0. The van der Waals surface area contributed by atoms with E-state index in [2.05, 4.69) is 26.5 Å². The van der Waals surface area contributed by atoms with Crippen molar-refractivity contribution in [2.45, 2.75) is 4.90 Å². The van der Waals surface area contributed by atoms with Crippen molar-refractivity contribution in [2.75, 3.05) is 0 Å². The fraction of sp³-hybridized carbons (Fsp3) is 0. The Morgan fingerprint density at radius 1 is 1.06 bits per heavy atom. The minimum absolute atomic E-state index is 0.0134. The predicted octanol–water partition coefficient (Wildman–Crippen LogP) is 3.89. The van der Waals surface area contributed by atoms with Crippen LogP contribution in [0.15, 0.2) is 87.3 Å². The summed E-state index contributed by atoms with van der Waals surface area (Å²) in [5.41, 5.74) is 3.03. The lowest BCUT2D eigenvalue weighted by Gasteiger charge is -2.07. The number of nitro benzene ring substituents is 1. The molecule has 1 N–H and O–H groups in total. The van der Waals surface area contributed by atoms with Crippen LogP contribution < -0.4 is 9.61 Å². The Balaban J connectivity index is 1.69. The predicted molar refractivity (Wildman–Crippen MR) is 117 cm³/mol. The Morgan fingerprint density at radius 2 is 1.77 bits per heavy atom. The monoisotopic (exact) mass is 503 g/mol. The SMILES string of the molecule is O=C(NN=Cc1cccc(OS(=O)(=O)c2ccc([N+](=O)[O-])cc2)c1)c1ccccc1Br. The van der Waals surface area contributed by atoms with Gasteiger partial charge in [0.25, 0.3) is 11.6 Å². The molecule has 0 aliphatic carbocycles. The molecule has 3 aromatic rings. The molecule has 3 aromatic carbocycles. The third-order valence-corrected chi connectivity index (χ3v) is 5.85. The summed E-state index contributed by atoms with van der Waals surface area (Å²) in [6.07, 6.45) is 1.33. The van der Waals surface area contributed by atoms with Crippen molar-refractivity contribution in [1.29, 1.82) is 0 Å². The number of benzene rings is 3. The molecule has 0 bridgehead atoms. The molecule has 0 spiro atoms. The van der Waals surface area contributed by atoms with Crippen LogP contribution in [0.3, 0.4) is 0 Å². The normalized spacial score (nSPS) is 11.3. The van der Waals surface area contributed by atoms with Crippen LogP contribution in [0, 0.1) is 10.1 Å². The molecule has 0 atom stereocenters. The molecule has 1 amide bonds. The van der Waals surface area contributed by atoms with Gasteiger partial charge in [0.15, 0.2) is 0 Å². The molecule has 0 aromatic heterocycles. The Morgan fingerprint density at radius 3 is 2.45 bits per heavy atom. The number of rotatable bonds is 7. The van der Waals surface area contributed by atoms with Crippen LogP contribution in [-0.4, -0.2) is 25.5 Å². The summed E-state index contributed by atoms with van der Waals surface area (Å²) in [5, 5.41) is 14.6. The molecule has 9 nitrogen and oxygen atoms in total. The highest BCUT2D eigenvalue weighted by atomic mass is 79.9. The number of amides is 1. The number of nitro groups is 1. The van der Waals surface area contributed by atoms with Crippen LogP contribution in [0.2, 0.25) is 0 Å². The first-order valence-electron chi connectivity index (χ1n) is 8.63. The number of nitrogens with zero attached hydrogens (tertiary/aromatic N) is 2. The van der Waals surface area contributed by atoms with Gasteiger partial charge in [-0.05, 0) is 57.9 Å². The molecule has 0 heterocycles. The number of halogens is 1.